The van der Waals surface area contributed by atoms with Gasteiger partial charge >= 0.3 is 5.97 Å². The van der Waals surface area contributed by atoms with E-state index in [4.69, 9.17) is 4.74 Å². The topological polar surface area (TPSA) is 95.9 Å². The highest BCUT2D eigenvalue weighted by atomic mass is 16.5. The molecule has 0 bridgehead atoms. The number of allylic oxidation sites excluding steroid dienone is 1. The van der Waals surface area contributed by atoms with Gasteiger partial charge in [0.2, 0.25) is 5.91 Å². The molecule has 0 heterocycles. The van der Waals surface area contributed by atoms with Crippen LogP contribution < -0.4 is 5.32 Å². The van der Waals surface area contributed by atoms with Gasteiger partial charge in [0.1, 0.15) is 0 Å². The smallest absolute Gasteiger partial charge is 0.305 e. The lowest BCUT2D eigenvalue weighted by Crippen LogP contribution is -2.45. The fourth-order valence-electron chi connectivity index (χ4n) is 10.2. The molecule has 2 unspecified atom stereocenters. The first kappa shape index (κ1) is 68.6. The fraction of sp³-hybridized carbons (Fsp3) is 0.938. The molecule has 0 aliphatic rings. The Morgan fingerprint density at radius 3 is 0.971 bits per heavy atom. The van der Waals surface area contributed by atoms with E-state index in [1.54, 1.807) is 6.08 Å². The fourth-order valence-corrected chi connectivity index (χ4v) is 10.2. The molecule has 6 heteroatoms. The highest BCUT2D eigenvalue weighted by molar-refractivity contribution is 5.76. The van der Waals surface area contributed by atoms with Crippen molar-refractivity contribution in [3.05, 3.63) is 12.2 Å². The SMILES string of the molecule is CCCCCCCCCCCCC/C=C/C(O)C(CO)NC(=O)CCCCCCCCCCCCCCCCCCCCCCCCCCCCCCOC(=O)CCCCCCCCCCCCCC. The van der Waals surface area contributed by atoms with E-state index in [9.17, 15) is 19.8 Å². The average Bonchev–Trinajstić information content (AvgIpc) is 3.36. The zero-order chi connectivity index (χ0) is 50.7. The molecule has 0 aromatic carbocycles. The summed E-state index contributed by atoms with van der Waals surface area (Å²) in [5.41, 5.74) is 0. The normalized spacial score (nSPS) is 12.6. The van der Waals surface area contributed by atoms with E-state index in [0.29, 0.717) is 19.4 Å². The maximum absolute atomic E-state index is 12.4. The van der Waals surface area contributed by atoms with E-state index >= 15 is 0 Å². The van der Waals surface area contributed by atoms with Crippen LogP contribution in [0.3, 0.4) is 0 Å². The number of rotatable bonds is 60. The third-order valence-corrected chi connectivity index (χ3v) is 15.1. The Hall–Kier alpha value is -1.40. The zero-order valence-corrected chi connectivity index (χ0v) is 47.5. The number of carbonyl (C=O) groups is 2. The highest BCUT2D eigenvalue weighted by Gasteiger charge is 2.18. The van der Waals surface area contributed by atoms with Gasteiger partial charge in [-0.15, -0.1) is 0 Å². The quantitative estimate of drug-likeness (QED) is 0.0321. The lowest BCUT2D eigenvalue weighted by molar-refractivity contribution is -0.143. The molecule has 3 N–H and O–H groups in total. The highest BCUT2D eigenvalue weighted by Crippen LogP contribution is 2.18. The van der Waals surface area contributed by atoms with Crippen molar-refractivity contribution in [3.8, 4) is 0 Å². The largest absolute Gasteiger partial charge is 0.466 e. The molecular formula is C64H125NO5. The number of hydrogen-bond acceptors (Lipinski definition) is 5. The van der Waals surface area contributed by atoms with Gasteiger partial charge in [-0.05, 0) is 32.1 Å². The zero-order valence-electron chi connectivity index (χ0n) is 47.5. The molecule has 6 nitrogen and oxygen atoms in total. The first-order valence-corrected chi connectivity index (χ1v) is 32.0. The van der Waals surface area contributed by atoms with Gasteiger partial charge in [-0.25, -0.2) is 0 Å². The Kier molecular flexibility index (Phi) is 59.0. The Labute approximate surface area is 438 Å². The number of unbranched alkanes of at least 4 members (excludes halogenated alkanes) is 49. The average molecular weight is 989 g/mol. The third-order valence-electron chi connectivity index (χ3n) is 15.1. The van der Waals surface area contributed by atoms with Crippen LogP contribution in [0.25, 0.3) is 0 Å². The monoisotopic (exact) mass is 988 g/mol. The predicted octanol–water partition coefficient (Wildman–Crippen LogP) is 20.0. The van der Waals surface area contributed by atoms with E-state index in [0.717, 1.165) is 38.5 Å². The summed E-state index contributed by atoms with van der Waals surface area (Å²) in [7, 11) is 0. The van der Waals surface area contributed by atoms with Gasteiger partial charge in [0.15, 0.2) is 0 Å². The van der Waals surface area contributed by atoms with Crippen LogP contribution in [0, 0.1) is 0 Å². The molecule has 0 saturated heterocycles. The van der Waals surface area contributed by atoms with Crippen molar-refractivity contribution in [1.29, 1.82) is 0 Å². The second-order valence-electron chi connectivity index (χ2n) is 22.1. The maximum Gasteiger partial charge on any atom is 0.305 e. The standard InChI is InChI=1S/C64H125NO5/c1-3-5-7-9-11-13-15-33-36-40-44-48-52-56-62(67)61(60-66)65-63(68)57-53-49-45-41-37-34-31-29-27-25-23-21-19-17-18-20-22-24-26-28-30-32-35-39-43-47-51-55-59-70-64(69)58-54-50-46-42-38-16-14-12-10-8-6-4-2/h52,56,61-62,66-67H,3-51,53-55,57-60H2,1-2H3,(H,65,68)/b56-52+. The van der Waals surface area contributed by atoms with Crippen LogP contribution in [0.4, 0.5) is 0 Å². The van der Waals surface area contributed by atoms with E-state index < -0.39 is 12.1 Å². The molecule has 0 spiro atoms. The molecule has 0 radical (unpaired) electrons. The van der Waals surface area contributed by atoms with Crippen molar-refractivity contribution >= 4 is 11.9 Å². The van der Waals surface area contributed by atoms with Crippen molar-refractivity contribution in [2.45, 2.75) is 373 Å². The minimum atomic E-state index is -0.840. The molecule has 0 saturated carbocycles. The van der Waals surface area contributed by atoms with Crippen molar-refractivity contribution < 1.29 is 24.5 Å². The first-order chi connectivity index (χ1) is 34.5. The summed E-state index contributed by atoms with van der Waals surface area (Å²) in [6.45, 7) is 4.92. The van der Waals surface area contributed by atoms with E-state index in [-0.39, 0.29) is 18.5 Å². The third kappa shape index (κ3) is 55.9. The Bertz CT molecular complexity index is 1050. The minimum absolute atomic E-state index is 0.0196. The molecule has 0 aliphatic heterocycles. The Balaban J connectivity index is 3.34. The molecule has 0 aromatic heterocycles. The number of esters is 1. The van der Waals surface area contributed by atoms with Crippen LogP contribution in [0.15, 0.2) is 12.2 Å². The Morgan fingerprint density at radius 2 is 0.657 bits per heavy atom. The second-order valence-corrected chi connectivity index (χ2v) is 22.1. The van der Waals surface area contributed by atoms with Gasteiger partial charge in [0.25, 0.3) is 0 Å². The molecule has 70 heavy (non-hydrogen) atoms. The van der Waals surface area contributed by atoms with E-state index in [2.05, 4.69) is 19.2 Å². The summed E-state index contributed by atoms with van der Waals surface area (Å²) in [5.74, 6) is -0.0436. The summed E-state index contributed by atoms with van der Waals surface area (Å²) in [4.78, 5) is 24.5. The number of nitrogens with one attached hydrogen (secondary N) is 1. The first-order valence-electron chi connectivity index (χ1n) is 32.0. The number of ether oxygens (including phenoxy) is 1. The summed E-state index contributed by atoms with van der Waals surface area (Å²) < 4.78 is 5.48. The van der Waals surface area contributed by atoms with Gasteiger partial charge in [0, 0.05) is 12.8 Å². The van der Waals surface area contributed by atoms with Crippen LogP contribution in [0.5, 0.6) is 0 Å². The Morgan fingerprint density at radius 1 is 0.386 bits per heavy atom. The summed E-state index contributed by atoms with van der Waals surface area (Å²) >= 11 is 0. The molecule has 0 fully saturated rings. The molecule has 0 rings (SSSR count). The number of hydrogen-bond donors (Lipinski definition) is 3. The molecule has 0 aliphatic carbocycles. The molecular weight excluding hydrogens is 863 g/mol. The van der Waals surface area contributed by atoms with E-state index in [1.165, 1.54) is 295 Å². The van der Waals surface area contributed by atoms with Gasteiger partial charge in [0.05, 0.1) is 25.4 Å². The maximum atomic E-state index is 12.4. The summed E-state index contributed by atoms with van der Waals surface area (Å²) in [5, 5.41) is 23.1. The van der Waals surface area contributed by atoms with Crippen molar-refractivity contribution in [2.24, 2.45) is 0 Å². The van der Waals surface area contributed by atoms with Crippen molar-refractivity contribution in [2.75, 3.05) is 13.2 Å². The van der Waals surface area contributed by atoms with E-state index in [1.807, 2.05) is 6.08 Å². The van der Waals surface area contributed by atoms with Crippen LogP contribution in [-0.4, -0.2) is 47.4 Å². The molecule has 0 aromatic rings. The number of amides is 1. The number of carbonyl (C=O) groups excluding carboxylic acids is 2. The minimum Gasteiger partial charge on any atom is -0.466 e. The molecule has 2 atom stereocenters. The van der Waals surface area contributed by atoms with Crippen LogP contribution in [0.2, 0.25) is 0 Å². The lowest BCUT2D eigenvalue weighted by atomic mass is 10.0. The second kappa shape index (κ2) is 60.2. The van der Waals surface area contributed by atoms with Gasteiger partial charge < -0.3 is 20.3 Å². The van der Waals surface area contributed by atoms with Crippen LogP contribution in [0.1, 0.15) is 361 Å². The lowest BCUT2D eigenvalue weighted by Gasteiger charge is -2.20. The van der Waals surface area contributed by atoms with Crippen LogP contribution in [-0.2, 0) is 14.3 Å². The van der Waals surface area contributed by atoms with Gasteiger partial charge in [-0.3, -0.25) is 9.59 Å². The molecule has 416 valence electrons. The van der Waals surface area contributed by atoms with Gasteiger partial charge in [-0.2, -0.15) is 0 Å². The predicted molar refractivity (Wildman–Crippen MR) is 306 cm³/mol. The van der Waals surface area contributed by atoms with Crippen molar-refractivity contribution in [1.82, 2.24) is 5.32 Å². The summed E-state index contributed by atoms with van der Waals surface area (Å²) in [6, 6.07) is -0.623. The number of aliphatic hydroxyl groups excluding tert-OH is 2. The van der Waals surface area contributed by atoms with Crippen molar-refractivity contribution in [3.63, 3.8) is 0 Å². The number of aliphatic hydroxyl groups is 2. The van der Waals surface area contributed by atoms with Gasteiger partial charge in [-0.1, -0.05) is 328 Å². The van der Waals surface area contributed by atoms with Crippen LogP contribution >= 0.6 is 0 Å². The summed E-state index contributed by atoms with van der Waals surface area (Å²) in [6.07, 6.45) is 72.7. The molecule has 1 amide bonds.